The normalized spacial score (nSPS) is 26.5. The standard InChI is InChI=1S/C18H31N3O3/c22-17(11-14-3-1-2-4-14)20-15-5-8-21(9-6-15)18(23)12-16-13-24-10-7-19-16/h14-16,19H,1-13H2,(H,20,22). The summed E-state index contributed by atoms with van der Waals surface area (Å²) >= 11 is 0. The third-order valence-corrected chi connectivity index (χ3v) is 5.58. The van der Waals surface area contributed by atoms with Crippen molar-refractivity contribution in [3.05, 3.63) is 0 Å². The van der Waals surface area contributed by atoms with Crippen molar-refractivity contribution in [2.24, 2.45) is 5.92 Å². The second kappa shape index (κ2) is 8.81. The Labute approximate surface area is 144 Å². The molecule has 2 saturated heterocycles. The molecule has 3 aliphatic rings. The lowest BCUT2D eigenvalue weighted by Gasteiger charge is -2.34. The predicted octanol–water partition coefficient (Wildman–Crippen LogP) is 1.05. The summed E-state index contributed by atoms with van der Waals surface area (Å²) in [4.78, 5) is 26.4. The Morgan fingerprint density at radius 3 is 2.50 bits per heavy atom. The molecular weight excluding hydrogens is 306 g/mol. The predicted molar refractivity (Wildman–Crippen MR) is 91.5 cm³/mol. The molecule has 0 aromatic heterocycles. The Kier molecular flexibility index (Phi) is 6.49. The van der Waals surface area contributed by atoms with Gasteiger partial charge in [-0.1, -0.05) is 12.8 Å². The molecule has 3 fully saturated rings. The number of likely N-dealkylation sites (tertiary alicyclic amines) is 1. The van der Waals surface area contributed by atoms with Crippen LogP contribution in [0.25, 0.3) is 0 Å². The van der Waals surface area contributed by atoms with Crippen LogP contribution in [0.3, 0.4) is 0 Å². The molecule has 1 saturated carbocycles. The first-order valence-electron chi connectivity index (χ1n) is 9.59. The molecule has 6 nitrogen and oxygen atoms in total. The Morgan fingerprint density at radius 2 is 1.83 bits per heavy atom. The van der Waals surface area contributed by atoms with Crippen LogP contribution in [-0.4, -0.2) is 61.6 Å². The highest BCUT2D eigenvalue weighted by Crippen LogP contribution is 2.27. The maximum atomic E-state index is 12.4. The molecule has 6 heteroatoms. The molecule has 0 bridgehead atoms. The second-order valence-electron chi connectivity index (χ2n) is 7.51. The Morgan fingerprint density at radius 1 is 1.08 bits per heavy atom. The van der Waals surface area contributed by atoms with Gasteiger partial charge in [0, 0.05) is 44.6 Å². The molecule has 0 aromatic rings. The van der Waals surface area contributed by atoms with Crippen molar-refractivity contribution < 1.29 is 14.3 Å². The van der Waals surface area contributed by atoms with E-state index in [1.807, 2.05) is 4.90 Å². The fraction of sp³-hybridized carbons (Fsp3) is 0.889. The highest BCUT2D eigenvalue weighted by Gasteiger charge is 2.27. The molecule has 2 amide bonds. The fourth-order valence-electron chi connectivity index (χ4n) is 4.13. The summed E-state index contributed by atoms with van der Waals surface area (Å²) in [5, 5.41) is 6.51. The van der Waals surface area contributed by atoms with Gasteiger partial charge in [0.05, 0.1) is 13.2 Å². The van der Waals surface area contributed by atoms with Crippen LogP contribution in [0, 0.1) is 5.92 Å². The first kappa shape index (κ1) is 17.7. The van der Waals surface area contributed by atoms with E-state index >= 15 is 0 Å². The lowest BCUT2D eigenvalue weighted by molar-refractivity contribution is -0.133. The number of piperidine rings is 1. The summed E-state index contributed by atoms with van der Waals surface area (Å²) < 4.78 is 5.40. The van der Waals surface area contributed by atoms with Crippen LogP contribution in [0.5, 0.6) is 0 Å². The number of carbonyl (C=O) groups excluding carboxylic acids is 2. The third kappa shape index (κ3) is 5.18. The zero-order valence-corrected chi connectivity index (χ0v) is 14.6. The molecule has 2 aliphatic heterocycles. The van der Waals surface area contributed by atoms with Gasteiger partial charge < -0.3 is 20.3 Å². The Balaban J connectivity index is 1.34. The number of rotatable bonds is 5. The van der Waals surface area contributed by atoms with E-state index in [0.717, 1.165) is 39.1 Å². The lowest BCUT2D eigenvalue weighted by Crippen LogP contribution is -2.49. The molecule has 1 aliphatic carbocycles. The molecule has 3 rings (SSSR count). The smallest absolute Gasteiger partial charge is 0.224 e. The van der Waals surface area contributed by atoms with E-state index in [0.29, 0.717) is 25.4 Å². The monoisotopic (exact) mass is 337 g/mol. The second-order valence-corrected chi connectivity index (χ2v) is 7.51. The Hall–Kier alpha value is -1.14. The van der Waals surface area contributed by atoms with E-state index < -0.39 is 0 Å². The number of hydrogen-bond donors (Lipinski definition) is 2. The minimum Gasteiger partial charge on any atom is -0.378 e. The van der Waals surface area contributed by atoms with Crippen LogP contribution in [0.1, 0.15) is 51.4 Å². The number of amides is 2. The van der Waals surface area contributed by atoms with E-state index in [9.17, 15) is 9.59 Å². The minimum atomic E-state index is 0.148. The molecular formula is C18H31N3O3. The van der Waals surface area contributed by atoms with E-state index in [-0.39, 0.29) is 23.9 Å². The zero-order chi connectivity index (χ0) is 16.8. The van der Waals surface area contributed by atoms with Crippen molar-refractivity contribution in [2.75, 3.05) is 32.8 Å². The third-order valence-electron chi connectivity index (χ3n) is 5.58. The van der Waals surface area contributed by atoms with Crippen molar-refractivity contribution in [2.45, 2.75) is 63.5 Å². The average Bonchev–Trinajstić information content (AvgIpc) is 3.09. The highest BCUT2D eigenvalue weighted by atomic mass is 16.5. The van der Waals surface area contributed by atoms with Gasteiger partial charge in [0.2, 0.25) is 11.8 Å². The average molecular weight is 337 g/mol. The maximum absolute atomic E-state index is 12.4. The number of hydrogen-bond acceptors (Lipinski definition) is 4. The summed E-state index contributed by atoms with van der Waals surface area (Å²) in [5.41, 5.74) is 0. The van der Waals surface area contributed by atoms with Gasteiger partial charge in [0.1, 0.15) is 0 Å². The van der Waals surface area contributed by atoms with Gasteiger partial charge in [-0.15, -0.1) is 0 Å². The molecule has 1 unspecified atom stereocenters. The van der Waals surface area contributed by atoms with Crippen LogP contribution in [0.2, 0.25) is 0 Å². The largest absolute Gasteiger partial charge is 0.378 e. The number of ether oxygens (including phenoxy) is 1. The first-order chi connectivity index (χ1) is 11.7. The van der Waals surface area contributed by atoms with Gasteiger partial charge in [0.25, 0.3) is 0 Å². The van der Waals surface area contributed by atoms with Crippen molar-refractivity contribution in [3.63, 3.8) is 0 Å². The minimum absolute atomic E-state index is 0.148. The number of morpholine rings is 1. The molecule has 0 spiro atoms. The van der Waals surface area contributed by atoms with Crippen molar-refractivity contribution in [3.8, 4) is 0 Å². The van der Waals surface area contributed by atoms with E-state index in [4.69, 9.17) is 4.74 Å². The van der Waals surface area contributed by atoms with Gasteiger partial charge in [-0.25, -0.2) is 0 Å². The van der Waals surface area contributed by atoms with E-state index in [1.165, 1.54) is 25.7 Å². The first-order valence-corrected chi connectivity index (χ1v) is 9.59. The number of nitrogens with zero attached hydrogens (tertiary/aromatic N) is 1. The topological polar surface area (TPSA) is 70.7 Å². The Bertz CT molecular complexity index is 423. The molecule has 1 atom stereocenters. The van der Waals surface area contributed by atoms with Crippen LogP contribution in [-0.2, 0) is 14.3 Å². The molecule has 0 aromatic carbocycles. The SMILES string of the molecule is O=C(CC1CCCC1)NC1CCN(C(=O)CC2COCCN2)CC1. The molecule has 136 valence electrons. The van der Waals surface area contributed by atoms with Gasteiger partial charge in [0.15, 0.2) is 0 Å². The van der Waals surface area contributed by atoms with Gasteiger partial charge in [-0.3, -0.25) is 9.59 Å². The zero-order valence-electron chi connectivity index (χ0n) is 14.6. The van der Waals surface area contributed by atoms with Gasteiger partial charge in [-0.2, -0.15) is 0 Å². The van der Waals surface area contributed by atoms with Gasteiger partial charge in [-0.05, 0) is 31.6 Å². The van der Waals surface area contributed by atoms with E-state index in [2.05, 4.69) is 10.6 Å². The lowest BCUT2D eigenvalue weighted by atomic mass is 10.0. The van der Waals surface area contributed by atoms with Gasteiger partial charge >= 0.3 is 0 Å². The molecule has 2 N–H and O–H groups in total. The summed E-state index contributed by atoms with van der Waals surface area (Å²) in [7, 11) is 0. The van der Waals surface area contributed by atoms with Crippen LogP contribution in [0.4, 0.5) is 0 Å². The van der Waals surface area contributed by atoms with Crippen LogP contribution in [0.15, 0.2) is 0 Å². The van der Waals surface area contributed by atoms with Crippen molar-refractivity contribution in [1.29, 1.82) is 0 Å². The summed E-state index contributed by atoms with van der Waals surface area (Å²) in [6.07, 6.45) is 7.91. The summed E-state index contributed by atoms with van der Waals surface area (Å²) in [6.45, 7) is 3.69. The van der Waals surface area contributed by atoms with Crippen molar-refractivity contribution >= 4 is 11.8 Å². The van der Waals surface area contributed by atoms with Crippen LogP contribution < -0.4 is 10.6 Å². The quantitative estimate of drug-likeness (QED) is 0.787. The van der Waals surface area contributed by atoms with E-state index in [1.54, 1.807) is 0 Å². The highest BCUT2D eigenvalue weighted by molar-refractivity contribution is 5.77. The molecule has 2 heterocycles. The summed E-state index contributed by atoms with van der Waals surface area (Å²) in [5.74, 6) is 1.00. The number of nitrogens with one attached hydrogen (secondary N) is 2. The van der Waals surface area contributed by atoms with Crippen molar-refractivity contribution in [1.82, 2.24) is 15.5 Å². The summed E-state index contributed by atoms with van der Waals surface area (Å²) in [6, 6.07) is 0.383. The maximum Gasteiger partial charge on any atom is 0.224 e. The number of carbonyl (C=O) groups is 2. The van der Waals surface area contributed by atoms with Crippen LogP contribution >= 0.6 is 0 Å². The molecule has 24 heavy (non-hydrogen) atoms. The fourth-order valence-corrected chi connectivity index (χ4v) is 4.13. The molecule has 0 radical (unpaired) electrons.